The van der Waals surface area contributed by atoms with Crippen LogP contribution < -0.4 is 0 Å². The fraction of sp³-hybridized carbons (Fsp3) is 0.789. The molecule has 4 heterocycles. The highest BCUT2D eigenvalue weighted by Crippen LogP contribution is 2.34. The van der Waals surface area contributed by atoms with Gasteiger partial charge >= 0.3 is 0 Å². The van der Waals surface area contributed by atoms with E-state index in [1.807, 2.05) is 12.1 Å². The van der Waals surface area contributed by atoms with Crippen LogP contribution in [0.4, 0.5) is 0 Å². The van der Waals surface area contributed by atoms with Gasteiger partial charge in [0.25, 0.3) is 0 Å². The standard InChI is InChI=1S/C19H30N2O4/c1-20(11-17-3-2-8-24-17)12-18-4-6-19(25-18)14-21(7-10-23-15-19)16-5-9-22-13-16/h2-3,8,16,18H,4-7,9-15H2,1H3/t16-,18-,19-/m0/s1. The Balaban J connectivity index is 1.33. The lowest BCUT2D eigenvalue weighted by Crippen LogP contribution is -2.48. The zero-order valence-corrected chi connectivity index (χ0v) is 15.2. The minimum Gasteiger partial charge on any atom is -0.468 e. The first-order valence-corrected chi connectivity index (χ1v) is 9.51. The third-order valence-corrected chi connectivity index (χ3v) is 5.66. The van der Waals surface area contributed by atoms with Crippen molar-refractivity contribution in [3.05, 3.63) is 24.2 Å². The molecule has 4 rings (SSSR count). The van der Waals surface area contributed by atoms with Crippen molar-refractivity contribution >= 4 is 0 Å². The average Bonchev–Trinajstić information content (AvgIpc) is 3.31. The van der Waals surface area contributed by atoms with Gasteiger partial charge in [0.1, 0.15) is 11.4 Å². The van der Waals surface area contributed by atoms with Crippen LogP contribution >= 0.6 is 0 Å². The van der Waals surface area contributed by atoms with Gasteiger partial charge < -0.3 is 18.6 Å². The van der Waals surface area contributed by atoms with Gasteiger partial charge in [-0.2, -0.15) is 0 Å². The summed E-state index contributed by atoms with van der Waals surface area (Å²) in [5.74, 6) is 1.00. The van der Waals surface area contributed by atoms with Crippen molar-refractivity contribution in [1.29, 1.82) is 0 Å². The Morgan fingerprint density at radius 1 is 1.28 bits per heavy atom. The molecule has 0 radical (unpaired) electrons. The Kier molecular flexibility index (Phi) is 5.43. The lowest BCUT2D eigenvalue weighted by atomic mass is 9.99. The van der Waals surface area contributed by atoms with Crippen molar-refractivity contribution in [3.63, 3.8) is 0 Å². The molecule has 1 aromatic rings. The summed E-state index contributed by atoms with van der Waals surface area (Å²) in [6.07, 6.45) is 5.31. The predicted octanol–water partition coefficient (Wildman–Crippen LogP) is 1.75. The maximum atomic E-state index is 6.57. The van der Waals surface area contributed by atoms with E-state index < -0.39 is 0 Å². The Labute approximate surface area is 150 Å². The van der Waals surface area contributed by atoms with E-state index in [1.165, 1.54) is 0 Å². The van der Waals surface area contributed by atoms with Crippen molar-refractivity contribution in [2.24, 2.45) is 0 Å². The van der Waals surface area contributed by atoms with Crippen LogP contribution in [0.3, 0.4) is 0 Å². The number of hydrogen-bond donors (Lipinski definition) is 0. The van der Waals surface area contributed by atoms with Crippen molar-refractivity contribution in [2.75, 3.05) is 53.1 Å². The van der Waals surface area contributed by atoms with Crippen molar-refractivity contribution in [3.8, 4) is 0 Å². The molecular formula is C19H30N2O4. The first-order chi connectivity index (χ1) is 12.2. The Hall–Kier alpha value is -0.920. The summed E-state index contributed by atoms with van der Waals surface area (Å²) in [6.45, 7) is 6.96. The molecule has 140 valence electrons. The highest BCUT2D eigenvalue weighted by Gasteiger charge is 2.44. The monoisotopic (exact) mass is 350 g/mol. The maximum Gasteiger partial charge on any atom is 0.117 e. The molecule has 1 spiro atoms. The van der Waals surface area contributed by atoms with Gasteiger partial charge in [0.15, 0.2) is 0 Å². The summed E-state index contributed by atoms with van der Waals surface area (Å²) in [4.78, 5) is 4.82. The largest absolute Gasteiger partial charge is 0.468 e. The predicted molar refractivity (Wildman–Crippen MR) is 93.5 cm³/mol. The molecule has 0 amide bonds. The molecule has 0 unspecified atom stereocenters. The summed E-state index contributed by atoms with van der Waals surface area (Å²) in [7, 11) is 2.13. The number of hydrogen-bond acceptors (Lipinski definition) is 6. The van der Waals surface area contributed by atoms with E-state index in [0.717, 1.165) is 77.6 Å². The SMILES string of the molecule is CN(Cc1ccco1)C[C@@H]1CC[C@]2(COCCN([C@H]3CCOC3)C2)O1. The Morgan fingerprint density at radius 2 is 2.24 bits per heavy atom. The fourth-order valence-corrected chi connectivity index (χ4v) is 4.38. The number of ether oxygens (including phenoxy) is 3. The van der Waals surface area contributed by atoms with E-state index in [-0.39, 0.29) is 11.7 Å². The topological polar surface area (TPSA) is 47.3 Å². The maximum absolute atomic E-state index is 6.57. The van der Waals surface area contributed by atoms with Gasteiger partial charge in [-0.3, -0.25) is 9.80 Å². The molecule has 0 aliphatic carbocycles. The molecule has 25 heavy (non-hydrogen) atoms. The second-order valence-corrected chi connectivity index (χ2v) is 7.78. The first kappa shape index (κ1) is 17.5. The average molecular weight is 350 g/mol. The van der Waals surface area contributed by atoms with Gasteiger partial charge in [-0.1, -0.05) is 0 Å². The van der Waals surface area contributed by atoms with E-state index in [0.29, 0.717) is 6.04 Å². The number of furan rings is 1. The zero-order chi connectivity index (χ0) is 17.1. The summed E-state index contributed by atoms with van der Waals surface area (Å²) >= 11 is 0. The molecule has 3 aliphatic heterocycles. The smallest absolute Gasteiger partial charge is 0.117 e. The molecule has 0 saturated carbocycles. The minimum atomic E-state index is -0.144. The second-order valence-electron chi connectivity index (χ2n) is 7.78. The molecule has 3 saturated heterocycles. The van der Waals surface area contributed by atoms with Gasteiger partial charge in [0.05, 0.1) is 38.7 Å². The Bertz CT molecular complexity index is 532. The van der Waals surface area contributed by atoms with Gasteiger partial charge in [0, 0.05) is 32.3 Å². The van der Waals surface area contributed by atoms with Crippen LogP contribution in [0.5, 0.6) is 0 Å². The van der Waals surface area contributed by atoms with E-state index in [2.05, 4.69) is 16.8 Å². The van der Waals surface area contributed by atoms with Crippen LogP contribution in [0.15, 0.2) is 22.8 Å². The summed E-state index contributed by atoms with van der Waals surface area (Å²) in [6, 6.07) is 4.49. The molecule has 1 aromatic heterocycles. The third-order valence-electron chi connectivity index (χ3n) is 5.66. The van der Waals surface area contributed by atoms with E-state index >= 15 is 0 Å². The van der Waals surface area contributed by atoms with Crippen molar-refractivity contribution < 1.29 is 18.6 Å². The molecule has 3 aliphatic rings. The lowest BCUT2D eigenvalue weighted by Gasteiger charge is -2.34. The van der Waals surface area contributed by atoms with Crippen LogP contribution in [0.1, 0.15) is 25.0 Å². The lowest BCUT2D eigenvalue weighted by molar-refractivity contribution is -0.0936. The summed E-state index contributed by atoms with van der Waals surface area (Å²) in [5.41, 5.74) is -0.144. The molecule has 0 bridgehead atoms. The molecule has 0 N–H and O–H groups in total. The first-order valence-electron chi connectivity index (χ1n) is 9.51. The normalized spacial score (nSPS) is 34.2. The van der Waals surface area contributed by atoms with Crippen LogP contribution in [0.2, 0.25) is 0 Å². The number of likely N-dealkylation sites (N-methyl/N-ethyl adjacent to an activating group) is 1. The molecule has 3 fully saturated rings. The number of nitrogens with zero attached hydrogens (tertiary/aromatic N) is 2. The van der Waals surface area contributed by atoms with Crippen LogP contribution in [-0.4, -0.2) is 80.7 Å². The fourth-order valence-electron chi connectivity index (χ4n) is 4.38. The highest BCUT2D eigenvalue weighted by molar-refractivity contribution is 4.99. The van der Waals surface area contributed by atoms with E-state index in [9.17, 15) is 0 Å². The van der Waals surface area contributed by atoms with Crippen LogP contribution in [0, 0.1) is 0 Å². The van der Waals surface area contributed by atoms with Gasteiger partial charge in [0.2, 0.25) is 0 Å². The summed E-state index contributed by atoms with van der Waals surface area (Å²) < 4.78 is 23.5. The zero-order valence-electron chi connectivity index (χ0n) is 15.2. The van der Waals surface area contributed by atoms with Crippen molar-refractivity contribution in [1.82, 2.24) is 9.80 Å². The number of rotatable bonds is 5. The summed E-state index contributed by atoms with van der Waals surface area (Å²) in [5, 5.41) is 0. The van der Waals surface area contributed by atoms with Gasteiger partial charge in [-0.05, 0) is 38.4 Å². The second kappa shape index (κ2) is 7.76. The third kappa shape index (κ3) is 4.26. The molecular weight excluding hydrogens is 320 g/mol. The van der Waals surface area contributed by atoms with Gasteiger partial charge in [-0.25, -0.2) is 0 Å². The Morgan fingerprint density at radius 3 is 3.04 bits per heavy atom. The van der Waals surface area contributed by atoms with E-state index in [1.54, 1.807) is 6.26 Å². The van der Waals surface area contributed by atoms with Crippen LogP contribution in [0.25, 0.3) is 0 Å². The van der Waals surface area contributed by atoms with Crippen LogP contribution in [-0.2, 0) is 20.8 Å². The quantitative estimate of drug-likeness (QED) is 0.806. The van der Waals surface area contributed by atoms with E-state index in [4.69, 9.17) is 18.6 Å². The minimum absolute atomic E-state index is 0.144. The molecule has 3 atom stereocenters. The van der Waals surface area contributed by atoms with Crippen molar-refractivity contribution in [2.45, 2.75) is 43.6 Å². The molecule has 0 aromatic carbocycles. The molecule has 6 nitrogen and oxygen atoms in total. The highest BCUT2D eigenvalue weighted by atomic mass is 16.6. The molecule has 6 heteroatoms. The van der Waals surface area contributed by atoms with Gasteiger partial charge in [-0.15, -0.1) is 0 Å².